The van der Waals surface area contributed by atoms with Crippen LogP contribution in [0.3, 0.4) is 0 Å². The van der Waals surface area contributed by atoms with Crippen molar-refractivity contribution in [1.29, 1.82) is 0 Å². The molecule has 0 saturated carbocycles. The van der Waals surface area contributed by atoms with Gasteiger partial charge in [-0.1, -0.05) is 30.3 Å². The fourth-order valence-corrected chi connectivity index (χ4v) is 2.53. The molecule has 0 spiro atoms. The van der Waals surface area contributed by atoms with Gasteiger partial charge < -0.3 is 15.3 Å². The lowest BCUT2D eigenvalue weighted by Crippen LogP contribution is -2.42. The molecule has 0 amide bonds. The van der Waals surface area contributed by atoms with Crippen LogP contribution >= 0.6 is 0 Å². The molecule has 2 N–H and O–H groups in total. The molecule has 1 atom stereocenters. The van der Waals surface area contributed by atoms with E-state index in [1.807, 2.05) is 13.8 Å². The second kappa shape index (κ2) is 6.51. The molecule has 1 fully saturated rings. The summed E-state index contributed by atoms with van der Waals surface area (Å²) in [6, 6.07) is 11.2. The molecular weight excluding hydrogens is 236 g/mol. The maximum absolute atomic E-state index is 9.72. The van der Waals surface area contributed by atoms with E-state index in [-0.39, 0.29) is 0 Å². The first-order valence-electron chi connectivity index (χ1n) is 7.25. The third kappa shape index (κ3) is 5.31. The summed E-state index contributed by atoms with van der Waals surface area (Å²) >= 11 is 0. The highest BCUT2D eigenvalue weighted by atomic mass is 16.3. The van der Waals surface area contributed by atoms with Crippen LogP contribution < -0.4 is 5.32 Å². The Labute approximate surface area is 116 Å². The smallest absolute Gasteiger partial charge is 0.0715 e. The highest BCUT2D eigenvalue weighted by Gasteiger charge is 2.23. The molecule has 19 heavy (non-hydrogen) atoms. The van der Waals surface area contributed by atoms with Crippen molar-refractivity contribution < 1.29 is 5.11 Å². The van der Waals surface area contributed by atoms with E-state index >= 15 is 0 Å². The molecule has 1 aliphatic rings. The number of hydrogen-bond acceptors (Lipinski definition) is 3. The average molecular weight is 262 g/mol. The first kappa shape index (κ1) is 14.5. The molecule has 1 aromatic carbocycles. The summed E-state index contributed by atoms with van der Waals surface area (Å²) in [7, 11) is 0. The van der Waals surface area contributed by atoms with Gasteiger partial charge in [0, 0.05) is 25.7 Å². The van der Waals surface area contributed by atoms with Crippen molar-refractivity contribution in [2.24, 2.45) is 0 Å². The van der Waals surface area contributed by atoms with Crippen LogP contribution in [0.1, 0.15) is 25.8 Å². The lowest BCUT2D eigenvalue weighted by molar-refractivity contribution is 0.0766. The Hall–Kier alpha value is -0.900. The maximum atomic E-state index is 9.72. The molecule has 0 bridgehead atoms. The highest BCUT2D eigenvalue weighted by molar-refractivity contribution is 5.14. The lowest BCUT2D eigenvalue weighted by atomic mass is 10.1. The Morgan fingerprint density at radius 3 is 2.74 bits per heavy atom. The van der Waals surface area contributed by atoms with E-state index in [9.17, 15) is 5.11 Å². The average Bonchev–Trinajstić information content (AvgIpc) is 2.82. The molecule has 0 aromatic heterocycles. The Bertz CT molecular complexity index is 372. The standard InChI is InChI=1S/C16H26N2O/c1-16(2,19)13-17-15-9-11-18(12-15)10-8-14-6-4-3-5-7-14/h3-7,15,17,19H,8-13H2,1-2H3. The van der Waals surface area contributed by atoms with Gasteiger partial charge in [0.25, 0.3) is 0 Å². The molecule has 0 aliphatic carbocycles. The van der Waals surface area contributed by atoms with Crippen molar-refractivity contribution in [3.63, 3.8) is 0 Å². The summed E-state index contributed by atoms with van der Waals surface area (Å²) in [4.78, 5) is 2.51. The van der Waals surface area contributed by atoms with Gasteiger partial charge in [-0.05, 0) is 38.8 Å². The normalized spacial score (nSPS) is 20.9. The van der Waals surface area contributed by atoms with E-state index in [1.54, 1.807) is 0 Å². The van der Waals surface area contributed by atoms with Gasteiger partial charge in [0.15, 0.2) is 0 Å². The van der Waals surface area contributed by atoms with Gasteiger partial charge in [-0.2, -0.15) is 0 Å². The zero-order valence-electron chi connectivity index (χ0n) is 12.1. The largest absolute Gasteiger partial charge is 0.389 e. The second-order valence-electron chi connectivity index (χ2n) is 6.22. The van der Waals surface area contributed by atoms with Crippen molar-refractivity contribution in [2.75, 3.05) is 26.2 Å². The molecule has 3 heteroatoms. The minimum absolute atomic E-state index is 0.530. The molecule has 106 valence electrons. The Balaban J connectivity index is 1.68. The van der Waals surface area contributed by atoms with Crippen LogP contribution in [0.15, 0.2) is 30.3 Å². The van der Waals surface area contributed by atoms with E-state index in [2.05, 4.69) is 40.5 Å². The Kier molecular flexibility index (Phi) is 4.97. The van der Waals surface area contributed by atoms with E-state index in [4.69, 9.17) is 0 Å². The van der Waals surface area contributed by atoms with Crippen LogP contribution in [0.5, 0.6) is 0 Å². The van der Waals surface area contributed by atoms with Gasteiger partial charge in [-0.25, -0.2) is 0 Å². The zero-order chi connectivity index (χ0) is 13.7. The summed E-state index contributed by atoms with van der Waals surface area (Å²) < 4.78 is 0. The summed E-state index contributed by atoms with van der Waals surface area (Å²) in [6.07, 6.45) is 2.31. The van der Waals surface area contributed by atoms with Crippen molar-refractivity contribution in [2.45, 2.75) is 38.3 Å². The van der Waals surface area contributed by atoms with Crippen molar-refractivity contribution in [3.05, 3.63) is 35.9 Å². The van der Waals surface area contributed by atoms with Gasteiger partial charge in [-0.3, -0.25) is 0 Å². The summed E-state index contributed by atoms with van der Waals surface area (Å²) in [5, 5.41) is 13.2. The van der Waals surface area contributed by atoms with E-state index in [0.717, 1.165) is 26.1 Å². The van der Waals surface area contributed by atoms with Gasteiger partial charge in [-0.15, -0.1) is 0 Å². The van der Waals surface area contributed by atoms with Crippen molar-refractivity contribution >= 4 is 0 Å². The van der Waals surface area contributed by atoms with Crippen molar-refractivity contribution in [1.82, 2.24) is 10.2 Å². The molecule has 2 rings (SSSR count). The van der Waals surface area contributed by atoms with Crippen LogP contribution in [0.25, 0.3) is 0 Å². The lowest BCUT2D eigenvalue weighted by Gasteiger charge is -2.22. The van der Waals surface area contributed by atoms with Crippen LogP contribution in [-0.2, 0) is 6.42 Å². The number of aliphatic hydroxyl groups is 1. The minimum atomic E-state index is -0.614. The van der Waals surface area contributed by atoms with E-state index in [1.165, 1.54) is 12.0 Å². The third-order valence-electron chi connectivity index (χ3n) is 3.66. The summed E-state index contributed by atoms with van der Waals surface area (Å²) in [5.41, 5.74) is 0.799. The fourth-order valence-electron chi connectivity index (χ4n) is 2.53. The molecular formula is C16H26N2O. The number of nitrogens with zero attached hydrogens (tertiary/aromatic N) is 1. The topological polar surface area (TPSA) is 35.5 Å². The Morgan fingerprint density at radius 1 is 1.32 bits per heavy atom. The number of likely N-dealkylation sites (tertiary alicyclic amines) is 1. The predicted molar refractivity (Wildman–Crippen MR) is 79.3 cm³/mol. The molecule has 1 saturated heterocycles. The highest BCUT2D eigenvalue weighted by Crippen LogP contribution is 2.11. The van der Waals surface area contributed by atoms with Gasteiger partial charge >= 0.3 is 0 Å². The van der Waals surface area contributed by atoms with Crippen LogP contribution in [0.4, 0.5) is 0 Å². The summed E-state index contributed by atoms with van der Waals surface area (Å²) in [5.74, 6) is 0. The van der Waals surface area contributed by atoms with Gasteiger partial charge in [0.2, 0.25) is 0 Å². The van der Waals surface area contributed by atoms with Crippen LogP contribution in [0.2, 0.25) is 0 Å². The van der Waals surface area contributed by atoms with Crippen molar-refractivity contribution in [3.8, 4) is 0 Å². The Morgan fingerprint density at radius 2 is 2.05 bits per heavy atom. The monoisotopic (exact) mass is 262 g/mol. The molecule has 3 nitrogen and oxygen atoms in total. The number of rotatable bonds is 6. The molecule has 0 radical (unpaired) electrons. The zero-order valence-corrected chi connectivity index (χ0v) is 12.1. The molecule has 1 heterocycles. The SMILES string of the molecule is CC(C)(O)CNC1CCN(CCc2ccccc2)C1. The predicted octanol–water partition coefficient (Wildman–Crippen LogP) is 1.66. The molecule has 1 aliphatic heterocycles. The number of benzene rings is 1. The van der Waals surface area contributed by atoms with E-state index in [0.29, 0.717) is 12.6 Å². The first-order valence-corrected chi connectivity index (χ1v) is 7.25. The van der Waals surface area contributed by atoms with E-state index < -0.39 is 5.60 Å². The number of hydrogen-bond donors (Lipinski definition) is 2. The first-order chi connectivity index (χ1) is 9.03. The number of nitrogens with one attached hydrogen (secondary N) is 1. The van der Waals surface area contributed by atoms with Gasteiger partial charge in [0.1, 0.15) is 0 Å². The molecule has 1 unspecified atom stereocenters. The second-order valence-corrected chi connectivity index (χ2v) is 6.22. The fraction of sp³-hybridized carbons (Fsp3) is 0.625. The molecule has 1 aromatic rings. The third-order valence-corrected chi connectivity index (χ3v) is 3.66. The minimum Gasteiger partial charge on any atom is -0.389 e. The summed E-state index contributed by atoms with van der Waals surface area (Å²) in [6.45, 7) is 7.76. The van der Waals surface area contributed by atoms with Crippen LogP contribution in [0, 0.1) is 0 Å². The quantitative estimate of drug-likeness (QED) is 0.818. The maximum Gasteiger partial charge on any atom is 0.0715 e. The van der Waals surface area contributed by atoms with Gasteiger partial charge in [0.05, 0.1) is 5.60 Å². The van der Waals surface area contributed by atoms with Crippen LogP contribution in [-0.4, -0.2) is 47.8 Å².